The molecule has 5 heteroatoms. The molecule has 24 heavy (non-hydrogen) atoms. The van der Waals surface area contributed by atoms with E-state index >= 15 is 0 Å². The Bertz CT molecular complexity index is 488. The number of methoxy groups -OCH3 is 2. The topological polar surface area (TPSA) is 43.0 Å². The van der Waals surface area contributed by atoms with E-state index in [1.165, 1.54) is 12.0 Å². The van der Waals surface area contributed by atoms with E-state index in [0.717, 1.165) is 56.8 Å². The van der Waals surface area contributed by atoms with Gasteiger partial charge in [-0.15, -0.1) is 0 Å². The summed E-state index contributed by atoms with van der Waals surface area (Å²) in [6.07, 6.45) is 1.20. The molecule has 0 radical (unpaired) electrons. The molecule has 1 aliphatic rings. The van der Waals surface area contributed by atoms with Crippen LogP contribution in [0.5, 0.6) is 11.5 Å². The lowest BCUT2D eigenvalue weighted by Crippen LogP contribution is -2.43. The van der Waals surface area contributed by atoms with E-state index in [2.05, 4.69) is 36.2 Å². The molecule has 0 saturated carbocycles. The first-order chi connectivity index (χ1) is 11.7. The van der Waals surface area contributed by atoms with Crippen LogP contribution in [0.3, 0.4) is 0 Å². The zero-order valence-corrected chi connectivity index (χ0v) is 15.5. The normalized spacial score (nSPS) is 17.0. The van der Waals surface area contributed by atoms with Gasteiger partial charge in [-0.2, -0.15) is 0 Å². The molecule has 0 amide bonds. The molecule has 1 N–H and O–H groups in total. The van der Waals surface area contributed by atoms with Gasteiger partial charge in [0.15, 0.2) is 11.5 Å². The summed E-state index contributed by atoms with van der Waals surface area (Å²) >= 11 is 0. The van der Waals surface area contributed by atoms with Crippen molar-refractivity contribution >= 4 is 0 Å². The molecule has 1 fully saturated rings. The van der Waals surface area contributed by atoms with E-state index in [0.29, 0.717) is 6.04 Å². The summed E-state index contributed by atoms with van der Waals surface area (Å²) in [6.45, 7) is 10.0. The zero-order chi connectivity index (χ0) is 17.4. The lowest BCUT2D eigenvalue weighted by molar-refractivity contribution is 0.0161. The Kier molecular flexibility index (Phi) is 7.82. The first-order valence-electron chi connectivity index (χ1n) is 8.90. The maximum absolute atomic E-state index is 5.52. The van der Waals surface area contributed by atoms with Crippen molar-refractivity contribution in [1.82, 2.24) is 10.2 Å². The lowest BCUT2D eigenvalue weighted by Gasteiger charge is -2.35. The Morgan fingerprint density at radius 3 is 2.46 bits per heavy atom. The smallest absolute Gasteiger partial charge is 0.161 e. The van der Waals surface area contributed by atoms with E-state index in [1.807, 2.05) is 6.07 Å². The molecule has 2 rings (SSSR count). The summed E-state index contributed by atoms with van der Waals surface area (Å²) in [5.74, 6) is 2.28. The molecule has 136 valence electrons. The van der Waals surface area contributed by atoms with Crippen molar-refractivity contribution in [1.29, 1.82) is 0 Å². The largest absolute Gasteiger partial charge is 0.493 e. The minimum atomic E-state index is 0.320. The van der Waals surface area contributed by atoms with Gasteiger partial charge in [-0.25, -0.2) is 0 Å². The summed E-state index contributed by atoms with van der Waals surface area (Å²) in [4.78, 5) is 2.49. The van der Waals surface area contributed by atoms with Crippen molar-refractivity contribution in [3.05, 3.63) is 23.8 Å². The number of ether oxygens (including phenoxy) is 3. The fraction of sp³-hybridized carbons (Fsp3) is 0.684. The standard InChI is InChI=1S/C19H32N2O3/c1-15(2)7-8-20-14-17(21-9-11-24-12-10-21)16-5-6-18(22-3)19(13-16)23-4/h5-6,13,15,17,20H,7-12,14H2,1-4H3. The molecule has 0 spiro atoms. The van der Waals surface area contributed by atoms with Gasteiger partial charge in [0.05, 0.1) is 27.4 Å². The van der Waals surface area contributed by atoms with Gasteiger partial charge in [-0.3, -0.25) is 4.90 Å². The third-order valence-electron chi connectivity index (χ3n) is 4.51. The molecule has 1 heterocycles. The zero-order valence-electron chi connectivity index (χ0n) is 15.5. The van der Waals surface area contributed by atoms with Crippen LogP contribution in [0, 0.1) is 5.92 Å². The van der Waals surface area contributed by atoms with Gasteiger partial charge in [-0.1, -0.05) is 19.9 Å². The Balaban J connectivity index is 2.11. The molecule has 0 aromatic heterocycles. The Morgan fingerprint density at radius 2 is 1.83 bits per heavy atom. The first kappa shape index (κ1) is 19.0. The number of hydrogen-bond acceptors (Lipinski definition) is 5. The highest BCUT2D eigenvalue weighted by Crippen LogP contribution is 2.32. The molecule has 1 atom stereocenters. The highest BCUT2D eigenvalue weighted by atomic mass is 16.5. The highest BCUT2D eigenvalue weighted by Gasteiger charge is 2.23. The fourth-order valence-electron chi connectivity index (χ4n) is 3.04. The molecule has 1 unspecified atom stereocenters. The van der Waals surface area contributed by atoms with Crippen molar-refractivity contribution in [3.8, 4) is 11.5 Å². The van der Waals surface area contributed by atoms with E-state index in [1.54, 1.807) is 14.2 Å². The molecule has 1 aromatic carbocycles. The summed E-state index contributed by atoms with van der Waals surface area (Å²) < 4.78 is 16.4. The van der Waals surface area contributed by atoms with Crippen LogP contribution >= 0.6 is 0 Å². The number of rotatable bonds is 9. The van der Waals surface area contributed by atoms with Crippen LogP contribution in [-0.4, -0.2) is 58.5 Å². The Morgan fingerprint density at radius 1 is 1.12 bits per heavy atom. The second-order valence-electron chi connectivity index (χ2n) is 6.67. The van der Waals surface area contributed by atoms with Crippen LogP contribution in [0.2, 0.25) is 0 Å². The van der Waals surface area contributed by atoms with Crippen LogP contribution < -0.4 is 14.8 Å². The predicted octanol–water partition coefficient (Wildman–Crippen LogP) is 2.71. The molecule has 0 aliphatic carbocycles. The van der Waals surface area contributed by atoms with Gasteiger partial charge in [0, 0.05) is 25.7 Å². The van der Waals surface area contributed by atoms with Gasteiger partial charge >= 0.3 is 0 Å². The highest BCUT2D eigenvalue weighted by molar-refractivity contribution is 5.44. The summed E-state index contributed by atoms with van der Waals surface area (Å²) in [7, 11) is 3.36. The third-order valence-corrected chi connectivity index (χ3v) is 4.51. The predicted molar refractivity (Wildman–Crippen MR) is 97.0 cm³/mol. The number of benzene rings is 1. The van der Waals surface area contributed by atoms with Crippen molar-refractivity contribution in [3.63, 3.8) is 0 Å². The van der Waals surface area contributed by atoms with Gasteiger partial charge in [-0.05, 0) is 36.6 Å². The van der Waals surface area contributed by atoms with Crippen molar-refractivity contribution < 1.29 is 14.2 Å². The van der Waals surface area contributed by atoms with Crippen LogP contribution in [-0.2, 0) is 4.74 Å². The maximum atomic E-state index is 5.52. The van der Waals surface area contributed by atoms with Gasteiger partial charge in [0.25, 0.3) is 0 Å². The van der Waals surface area contributed by atoms with E-state index in [4.69, 9.17) is 14.2 Å². The molecular formula is C19H32N2O3. The SMILES string of the molecule is COc1ccc(C(CNCCC(C)C)N2CCOCC2)cc1OC. The number of nitrogens with zero attached hydrogens (tertiary/aromatic N) is 1. The first-order valence-corrected chi connectivity index (χ1v) is 8.90. The molecule has 1 aliphatic heterocycles. The van der Waals surface area contributed by atoms with Gasteiger partial charge in [0.2, 0.25) is 0 Å². The van der Waals surface area contributed by atoms with E-state index < -0.39 is 0 Å². The average molecular weight is 336 g/mol. The number of nitrogens with one attached hydrogen (secondary N) is 1. The number of hydrogen-bond donors (Lipinski definition) is 1. The van der Waals surface area contributed by atoms with Gasteiger partial charge in [0.1, 0.15) is 0 Å². The summed E-state index contributed by atoms with van der Waals surface area (Å²) in [5, 5.41) is 3.62. The second-order valence-corrected chi connectivity index (χ2v) is 6.67. The molecule has 1 saturated heterocycles. The molecule has 1 aromatic rings. The van der Waals surface area contributed by atoms with Gasteiger partial charge < -0.3 is 19.5 Å². The van der Waals surface area contributed by atoms with E-state index in [9.17, 15) is 0 Å². The van der Waals surface area contributed by atoms with Crippen LogP contribution in [0.15, 0.2) is 18.2 Å². The number of morpholine rings is 1. The Hall–Kier alpha value is -1.30. The Labute approximate surface area is 146 Å². The van der Waals surface area contributed by atoms with E-state index in [-0.39, 0.29) is 0 Å². The summed E-state index contributed by atoms with van der Waals surface area (Å²) in [5.41, 5.74) is 1.26. The van der Waals surface area contributed by atoms with Crippen molar-refractivity contribution in [2.45, 2.75) is 26.3 Å². The summed E-state index contributed by atoms with van der Waals surface area (Å²) in [6, 6.07) is 6.56. The minimum Gasteiger partial charge on any atom is -0.493 e. The monoisotopic (exact) mass is 336 g/mol. The maximum Gasteiger partial charge on any atom is 0.161 e. The second kappa shape index (κ2) is 9.87. The minimum absolute atomic E-state index is 0.320. The fourth-order valence-corrected chi connectivity index (χ4v) is 3.04. The van der Waals surface area contributed by atoms with Crippen LogP contribution in [0.1, 0.15) is 31.9 Å². The van der Waals surface area contributed by atoms with Crippen LogP contribution in [0.25, 0.3) is 0 Å². The average Bonchev–Trinajstić information content (AvgIpc) is 2.61. The molecule has 0 bridgehead atoms. The van der Waals surface area contributed by atoms with Crippen molar-refractivity contribution in [2.24, 2.45) is 5.92 Å². The third kappa shape index (κ3) is 5.36. The lowest BCUT2D eigenvalue weighted by atomic mass is 10.0. The van der Waals surface area contributed by atoms with Crippen LogP contribution in [0.4, 0.5) is 0 Å². The molecular weight excluding hydrogens is 304 g/mol. The molecule has 5 nitrogen and oxygen atoms in total. The van der Waals surface area contributed by atoms with Crippen molar-refractivity contribution in [2.75, 3.05) is 53.6 Å². The quantitative estimate of drug-likeness (QED) is 0.703.